The molecule has 44 heavy (non-hydrogen) atoms. The van der Waals surface area contributed by atoms with Crippen molar-refractivity contribution in [1.29, 1.82) is 0 Å². The topological polar surface area (TPSA) is 137 Å². The summed E-state index contributed by atoms with van der Waals surface area (Å²) in [5, 5.41) is 14.7. The number of nitrogens with one attached hydrogen (secondary N) is 1. The van der Waals surface area contributed by atoms with Gasteiger partial charge in [0.25, 0.3) is 0 Å². The first-order chi connectivity index (χ1) is 21.1. The highest BCUT2D eigenvalue weighted by atomic mass is 16.7. The fraction of sp³-hybridized carbons (Fsp3) is 0.629. The zero-order valence-corrected chi connectivity index (χ0v) is 26.0. The molecule has 9 heteroatoms. The van der Waals surface area contributed by atoms with Crippen molar-refractivity contribution in [3.8, 4) is 0 Å². The van der Waals surface area contributed by atoms with Crippen LogP contribution in [0.3, 0.4) is 0 Å². The Hall–Kier alpha value is -2.69. The number of amides is 1. The largest absolute Gasteiger partial charge is 0.393 e. The maximum atomic E-state index is 14.6. The Morgan fingerprint density at radius 2 is 2.00 bits per heavy atom. The first-order valence-electron chi connectivity index (χ1n) is 16.2. The lowest BCUT2D eigenvalue weighted by atomic mass is 9.46. The van der Waals surface area contributed by atoms with E-state index in [0.29, 0.717) is 25.7 Å². The summed E-state index contributed by atoms with van der Waals surface area (Å²) in [7, 11) is 0. The van der Waals surface area contributed by atoms with Crippen LogP contribution >= 0.6 is 0 Å². The number of benzene rings is 1. The highest BCUT2D eigenvalue weighted by molar-refractivity contribution is 6.01. The van der Waals surface area contributed by atoms with Gasteiger partial charge < -0.3 is 30.4 Å². The van der Waals surface area contributed by atoms with Crippen molar-refractivity contribution in [3.05, 3.63) is 59.7 Å². The third kappa shape index (κ3) is 5.01. The number of ether oxygens (including phenoxy) is 3. The Bertz CT molecular complexity index is 1350. The highest BCUT2D eigenvalue weighted by Gasteiger charge is 2.75. The average molecular weight is 607 g/mol. The minimum atomic E-state index is -1.28. The normalized spacial score (nSPS) is 39.5. The summed E-state index contributed by atoms with van der Waals surface area (Å²) in [5.74, 6) is -0.448. The number of ketones is 2. The van der Waals surface area contributed by atoms with E-state index in [1.165, 1.54) is 0 Å². The highest BCUT2D eigenvalue weighted by Crippen LogP contribution is 2.69. The molecule has 1 saturated heterocycles. The molecule has 0 aromatic heterocycles. The van der Waals surface area contributed by atoms with Crippen LogP contribution < -0.4 is 11.1 Å². The van der Waals surface area contributed by atoms with Gasteiger partial charge in [-0.3, -0.25) is 14.4 Å². The number of aliphatic hydroxyl groups excluding tert-OH is 1. The van der Waals surface area contributed by atoms with Gasteiger partial charge in [0, 0.05) is 23.2 Å². The number of carbonyl (C=O) groups excluding carboxylic acids is 3. The molecule has 4 aliphatic carbocycles. The molecule has 4 fully saturated rings. The summed E-state index contributed by atoms with van der Waals surface area (Å²) in [5.41, 5.74) is 5.23. The van der Waals surface area contributed by atoms with Crippen molar-refractivity contribution >= 4 is 17.5 Å². The van der Waals surface area contributed by atoms with Gasteiger partial charge in [0.15, 0.2) is 23.5 Å². The quantitative estimate of drug-likeness (QED) is 0.345. The van der Waals surface area contributed by atoms with E-state index in [1.54, 1.807) is 12.2 Å². The molecular formula is C35H46N2O7. The molecule has 1 aromatic rings. The molecule has 4 N–H and O–H groups in total. The average Bonchev–Trinajstić information content (AvgIpc) is 3.48. The van der Waals surface area contributed by atoms with E-state index in [-0.39, 0.29) is 48.4 Å². The van der Waals surface area contributed by atoms with Crippen molar-refractivity contribution in [1.82, 2.24) is 5.32 Å². The van der Waals surface area contributed by atoms with Gasteiger partial charge in [0.1, 0.15) is 12.8 Å². The van der Waals surface area contributed by atoms with Gasteiger partial charge in [-0.1, -0.05) is 69.2 Å². The lowest BCUT2D eigenvalue weighted by Crippen LogP contribution is -2.63. The van der Waals surface area contributed by atoms with E-state index < -0.39 is 41.2 Å². The molecule has 1 heterocycles. The maximum Gasteiger partial charge on any atom is 0.235 e. The SMILES string of the molecule is CCCC1O[C@@H]2C[C@H]3[C@@H]4CCC5=CC(=O)C=C[C@]5(C)[C@H]4[C@@H](O)C[C@]3(C)[C@]2(C(=O)COC(Cc2ccccc2)NC(=O)CN)O1. The van der Waals surface area contributed by atoms with Crippen molar-refractivity contribution in [2.24, 2.45) is 34.3 Å². The standard InChI is InChI=1S/C35H46N2O7/c1-4-8-31-43-28-17-25-24-12-11-22-16-23(38)13-14-33(22,2)32(24)26(39)18-34(25,3)35(28,44-31)27(40)20-42-30(37-29(41)19-36)15-21-9-6-5-7-10-21/h5-7,9-10,13-14,16,24-26,28,30-32,39H,4,8,11-12,15,17-20,36H2,1-3H3,(H,37,41)/t24-,25-,26-,28+,30?,31?,32+,33-,34-,35+/m0/s1. The summed E-state index contributed by atoms with van der Waals surface area (Å²) in [6.45, 7) is 5.83. The summed E-state index contributed by atoms with van der Waals surface area (Å²) in [6, 6.07) is 9.62. The molecule has 2 unspecified atom stereocenters. The van der Waals surface area contributed by atoms with E-state index in [0.717, 1.165) is 30.4 Å². The Morgan fingerprint density at radius 3 is 2.73 bits per heavy atom. The van der Waals surface area contributed by atoms with Gasteiger partial charge in [0.2, 0.25) is 5.91 Å². The summed E-state index contributed by atoms with van der Waals surface area (Å²) < 4.78 is 19.4. The van der Waals surface area contributed by atoms with Crippen LogP contribution in [0, 0.1) is 28.6 Å². The molecule has 0 bridgehead atoms. The molecule has 6 rings (SSSR count). The van der Waals surface area contributed by atoms with Crippen molar-refractivity contribution in [3.63, 3.8) is 0 Å². The van der Waals surface area contributed by atoms with E-state index in [1.807, 2.05) is 36.4 Å². The van der Waals surface area contributed by atoms with E-state index in [4.69, 9.17) is 19.9 Å². The second-order valence-electron chi connectivity index (χ2n) is 13.8. The van der Waals surface area contributed by atoms with Crippen LogP contribution in [0.5, 0.6) is 0 Å². The zero-order valence-electron chi connectivity index (χ0n) is 26.0. The number of hydrogen-bond donors (Lipinski definition) is 3. The molecule has 3 saturated carbocycles. The Labute approximate surface area is 259 Å². The number of Topliss-reactive ketones (excluding diaryl/α,β-unsaturated/α-hetero) is 1. The van der Waals surface area contributed by atoms with Crippen LogP contribution in [-0.2, 0) is 35.0 Å². The van der Waals surface area contributed by atoms with Gasteiger partial charge >= 0.3 is 0 Å². The number of carbonyl (C=O) groups is 3. The van der Waals surface area contributed by atoms with E-state index in [9.17, 15) is 19.5 Å². The number of allylic oxidation sites excluding steroid dienone is 4. The van der Waals surface area contributed by atoms with Crippen LogP contribution in [0.2, 0.25) is 0 Å². The molecule has 1 aliphatic heterocycles. The third-order valence-electron chi connectivity index (χ3n) is 11.4. The number of rotatable bonds is 10. The monoisotopic (exact) mass is 606 g/mol. The summed E-state index contributed by atoms with van der Waals surface area (Å²) >= 11 is 0. The second-order valence-corrected chi connectivity index (χ2v) is 13.8. The predicted molar refractivity (Wildman–Crippen MR) is 163 cm³/mol. The van der Waals surface area contributed by atoms with Gasteiger partial charge in [-0.25, -0.2) is 0 Å². The minimum Gasteiger partial charge on any atom is -0.393 e. The molecule has 0 spiro atoms. The lowest BCUT2D eigenvalue weighted by Gasteiger charge is -2.59. The van der Waals surface area contributed by atoms with Gasteiger partial charge in [0.05, 0.1) is 18.8 Å². The Morgan fingerprint density at radius 1 is 1.23 bits per heavy atom. The number of fused-ring (bicyclic) bond motifs is 7. The van der Waals surface area contributed by atoms with Gasteiger partial charge in [-0.05, 0) is 61.7 Å². The second kappa shape index (κ2) is 11.9. The zero-order chi connectivity index (χ0) is 31.3. The van der Waals surface area contributed by atoms with Crippen LogP contribution in [0.25, 0.3) is 0 Å². The van der Waals surface area contributed by atoms with Crippen LogP contribution in [-0.4, -0.2) is 66.1 Å². The molecule has 9 nitrogen and oxygen atoms in total. The fourth-order valence-electron chi connectivity index (χ4n) is 9.51. The van der Waals surface area contributed by atoms with Crippen LogP contribution in [0.4, 0.5) is 0 Å². The van der Waals surface area contributed by atoms with Crippen LogP contribution in [0.1, 0.15) is 64.9 Å². The summed E-state index contributed by atoms with van der Waals surface area (Å²) in [6.07, 6.45) is 7.49. The van der Waals surface area contributed by atoms with Crippen LogP contribution in [0.15, 0.2) is 54.1 Å². The van der Waals surface area contributed by atoms with Crippen molar-refractivity contribution in [2.75, 3.05) is 13.2 Å². The maximum absolute atomic E-state index is 14.6. The van der Waals surface area contributed by atoms with Crippen molar-refractivity contribution < 1.29 is 33.7 Å². The number of aliphatic hydroxyl groups is 1. The van der Waals surface area contributed by atoms with Gasteiger partial charge in [-0.2, -0.15) is 0 Å². The molecule has 1 amide bonds. The smallest absolute Gasteiger partial charge is 0.235 e. The first-order valence-corrected chi connectivity index (χ1v) is 16.2. The Kier molecular flexibility index (Phi) is 8.47. The van der Waals surface area contributed by atoms with Gasteiger partial charge in [-0.15, -0.1) is 0 Å². The lowest BCUT2D eigenvalue weighted by molar-refractivity contribution is -0.202. The summed E-state index contributed by atoms with van der Waals surface area (Å²) in [4.78, 5) is 39.0. The molecule has 10 atom stereocenters. The fourth-order valence-corrected chi connectivity index (χ4v) is 9.51. The number of nitrogens with two attached hydrogens (primary N) is 1. The molecular weight excluding hydrogens is 560 g/mol. The third-order valence-corrected chi connectivity index (χ3v) is 11.4. The molecule has 238 valence electrons. The first kappa shape index (κ1) is 31.3. The molecule has 1 aromatic carbocycles. The Balaban J connectivity index is 1.29. The van der Waals surface area contributed by atoms with Crippen molar-refractivity contribution in [2.45, 2.75) is 96.0 Å². The van der Waals surface area contributed by atoms with E-state index in [2.05, 4.69) is 26.1 Å². The molecule has 0 radical (unpaired) electrons. The minimum absolute atomic E-state index is 0.00278. The van der Waals surface area contributed by atoms with E-state index >= 15 is 0 Å². The number of hydrogen-bond acceptors (Lipinski definition) is 8. The predicted octanol–water partition coefficient (Wildman–Crippen LogP) is 3.38. The molecule has 5 aliphatic rings.